The number of nitrogens with two attached hydrogens (primary N) is 2. The molecular formula is C48H56F2I2N12O8. The van der Waals surface area contributed by atoms with Crippen LogP contribution in [0.25, 0.3) is 22.3 Å². The van der Waals surface area contributed by atoms with Gasteiger partial charge in [-0.2, -0.15) is 28.7 Å². The Labute approximate surface area is 440 Å². The van der Waals surface area contributed by atoms with E-state index < -0.39 is 24.4 Å². The molecule has 2 amide bonds. The van der Waals surface area contributed by atoms with Crippen molar-refractivity contribution in [2.45, 2.75) is 90.5 Å². The lowest BCUT2D eigenvalue weighted by molar-refractivity contribution is -0.141. The number of fused-ring (bicyclic) bond motifs is 4. The van der Waals surface area contributed by atoms with Crippen molar-refractivity contribution < 1.29 is 47.5 Å². The fraction of sp³-hybridized carbons (Fsp3) is 0.500. The second-order valence-corrected chi connectivity index (χ2v) is 20.8. The summed E-state index contributed by atoms with van der Waals surface area (Å²) in [6, 6.07) is 7.83. The van der Waals surface area contributed by atoms with Crippen LogP contribution in [-0.4, -0.2) is 136 Å². The molecule has 0 radical (unpaired) electrons. The van der Waals surface area contributed by atoms with Crippen LogP contribution >= 0.6 is 45.2 Å². The number of piperidine rings is 2. The molecule has 0 bridgehead atoms. The van der Waals surface area contributed by atoms with Gasteiger partial charge in [-0.3, -0.25) is 9.59 Å². The predicted octanol–water partition coefficient (Wildman–Crippen LogP) is 5.05. The number of hydrogen-bond acceptors (Lipinski definition) is 16. The number of aliphatic hydroxyl groups excluding tert-OH is 2. The second-order valence-electron chi connectivity index (χ2n) is 18.5. The Balaban J connectivity index is 0.000000178. The van der Waals surface area contributed by atoms with Gasteiger partial charge in [-0.05, 0) is 145 Å². The van der Waals surface area contributed by atoms with Gasteiger partial charge in [0.15, 0.2) is 57.0 Å². The van der Waals surface area contributed by atoms with Gasteiger partial charge in [0.1, 0.15) is 50.3 Å². The Morgan fingerprint density at radius 2 is 1.04 bits per heavy atom. The molecule has 2 saturated heterocycles. The lowest BCUT2D eigenvalue weighted by atomic mass is 9.93. The molecule has 0 aliphatic carbocycles. The van der Waals surface area contributed by atoms with E-state index in [1.54, 1.807) is 9.80 Å². The van der Waals surface area contributed by atoms with E-state index in [0.29, 0.717) is 136 Å². The van der Waals surface area contributed by atoms with E-state index in [4.69, 9.17) is 40.4 Å². The fourth-order valence-corrected chi connectivity index (χ4v) is 10.9. The zero-order valence-electron chi connectivity index (χ0n) is 39.8. The number of nitrogen functional groups attached to an aromatic ring is 2. The molecule has 2 atom stereocenters. The molecule has 6 N–H and O–H groups in total. The topological polar surface area (TPSA) is 257 Å². The van der Waals surface area contributed by atoms with E-state index in [9.17, 15) is 28.6 Å². The van der Waals surface area contributed by atoms with Gasteiger partial charge < -0.3 is 59.6 Å². The zero-order chi connectivity index (χ0) is 50.8. The zero-order valence-corrected chi connectivity index (χ0v) is 44.1. The van der Waals surface area contributed by atoms with Gasteiger partial charge in [0.05, 0.1) is 0 Å². The first kappa shape index (κ1) is 51.4. The van der Waals surface area contributed by atoms with E-state index in [2.05, 4.69) is 65.1 Å². The molecule has 8 heterocycles. The summed E-state index contributed by atoms with van der Waals surface area (Å²) >= 11 is 4.54. The number of anilines is 2. The summed E-state index contributed by atoms with van der Waals surface area (Å²) in [5, 5.41) is 19.2. The number of aromatic nitrogens is 8. The monoisotopic (exact) mass is 1220 g/mol. The molecule has 72 heavy (non-hydrogen) atoms. The smallest absolute Gasteiger partial charge is 0.312 e. The molecule has 10 rings (SSSR count). The Bertz CT molecular complexity index is 2780. The normalized spacial score (nSPS) is 16.9. The van der Waals surface area contributed by atoms with Crippen molar-refractivity contribution in [3.05, 3.63) is 66.3 Å². The summed E-state index contributed by atoms with van der Waals surface area (Å²) in [5.41, 5.74) is 15.5. The maximum absolute atomic E-state index is 14.1. The average molecular weight is 1220 g/mol. The molecule has 0 spiro atoms. The van der Waals surface area contributed by atoms with E-state index in [1.165, 1.54) is 13.8 Å². The van der Waals surface area contributed by atoms with Crippen molar-refractivity contribution in [1.82, 2.24) is 48.8 Å². The lowest BCUT2D eigenvalue weighted by Crippen LogP contribution is -2.43. The Morgan fingerprint density at radius 3 is 1.47 bits per heavy atom. The second kappa shape index (κ2) is 22.3. The van der Waals surface area contributed by atoms with Crippen LogP contribution in [0.15, 0.2) is 24.3 Å². The molecule has 0 unspecified atom stereocenters. The number of likely N-dealkylation sites (tertiary alicyclic amines) is 2. The van der Waals surface area contributed by atoms with E-state index in [0.717, 1.165) is 68.3 Å². The number of ether oxygens (including phenoxy) is 4. The third-order valence-electron chi connectivity index (χ3n) is 13.6. The van der Waals surface area contributed by atoms with E-state index >= 15 is 0 Å². The third-order valence-corrected chi connectivity index (χ3v) is 15.6. The van der Waals surface area contributed by atoms with Gasteiger partial charge in [-0.1, -0.05) is 0 Å². The maximum atomic E-state index is 14.1. The first-order chi connectivity index (χ1) is 34.6. The van der Waals surface area contributed by atoms with Crippen molar-refractivity contribution in [1.29, 1.82) is 0 Å². The van der Waals surface area contributed by atoms with Gasteiger partial charge in [-0.15, -0.1) is 0 Å². The van der Waals surface area contributed by atoms with Crippen LogP contribution in [0.5, 0.6) is 23.0 Å². The molecule has 0 saturated carbocycles. The number of halogens is 4. The van der Waals surface area contributed by atoms with Crippen LogP contribution in [0.2, 0.25) is 0 Å². The number of rotatable bonds is 12. The molecule has 4 aliphatic rings. The van der Waals surface area contributed by atoms with Crippen LogP contribution < -0.4 is 30.4 Å². The summed E-state index contributed by atoms with van der Waals surface area (Å²) < 4.78 is 57.0. The minimum Gasteiger partial charge on any atom is -0.486 e. The summed E-state index contributed by atoms with van der Waals surface area (Å²) in [4.78, 5) is 52.4. The Hall–Kier alpha value is -5.48. The highest BCUT2D eigenvalue weighted by Gasteiger charge is 2.29. The summed E-state index contributed by atoms with van der Waals surface area (Å²) in [5.74, 6) is 4.60. The lowest BCUT2D eigenvalue weighted by Gasteiger charge is -2.32. The molecule has 24 heteroatoms. The van der Waals surface area contributed by atoms with Gasteiger partial charge in [0, 0.05) is 59.3 Å². The highest BCUT2D eigenvalue weighted by Crippen LogP contribution is 2.37. The number of carbonyl (C=O) groups excluding carboxylic acids is 2. The van der Waals surface area contributed by atoms with Gasteiger partial charge in [0.2, 0.25) is 0 Å². The van der Waals surface area contributed by atoms with Crippen LogP contribution in [-0.2, 0) is 35.5 Å². The number of aryl methyl sites for hydroxylation is 2. The van der Waals surface area contributed by atoms with Crippen molar-refractivity contribution >= 4 is 91.0 Å². The predicted molar refractivity (Wildman–Crippen MR) is 277 cm³/mol. The van der Waals surface area contributed by atoms with Gasteiger partial charge in [0.25, 0.3) is 11.8 Å². The number of benzene rings is 2. The number of nitrogens with zero attached hydrogens (tertiary/aromatic N) is 10. The molecule has 2 aromatic carbocycles. The van der Waals surface area contributed by atoms with Crippen molar-refractivity contribution in [3.8, 4) is 23.0 Å². The molecule has 384 valence electrons. The standard InChI is InChI=1S/2C24H28FIN6O4/c2*1-13(33)23(34)31-5-2-14(3-6-31)4-7-32-19(28-20-21(27)29-24(25)30-22(20)32)11-15-10-17-18(12-16(15)26)36-9-8-35-17/h2*10,12-14,33H,2-9,11H2,1H3,(H2,27,29,30)/t2*13-/m00/s1/i26+4;26-3. The van der Waals surface area contributed by atoms with Crippen molar-refractivity contribution in [2.75, 3.05) is 64.1 Å². The highest BCUT2D eigenvalue weighted by atomic mass is 131. The van der Waals surface area contributed by atoms with Gasteiger partial charge in [-0.25, -0.2) is 9.97 Å². The van der Waals surface area contributed by atoms with Crippen LogP contribution in [0, 0.1) is 31.1 Å². The summed E-state index contributed by atoms with van der Waals surface area (Å²) in [7, 11) is 0. The molecule has 4 aliphatic heterocycles. The Kier molecular flexibility index (Phi) is 15.9. The third kappa shape index (κ3) is 11.5. The minimum atomic E-state index is -0.982. The first-order valence-electron chi connectivity index (χ1n) is 24.1. The van der Waals surface area contributed by atoms with Crippen LogP contribution in [0.1, 0.15) is 75.1 Å². The number of hydrogen-bond donors (Lipinski definition) is 4. The van der Waals surface area contributed by atoms with E-state index in [-0.39, 0.29) is 23.5 Å². The average Bonchev–Trinajstić information content (AvgIpc) is 3.89. The summed E-state index contributed by atoms with van der Waals surface area (Å²) in [6.45, 7) is 8.66. The number of aliphatic hydroxyl groups is 2. The molecular weight excluding hydrogens is 1170 g/mol. The van der Waals surface area contributed by atoms with Gasteiger partial charge >= 0.3 is 12.2 Å². The molecule has 2 fully saturated rings. The van der Waals surface area contributed by atoms with Crippen molar-refractivity contribution in [2.24, 2.45) is 11.8 Å². The van der Waals surface area contributed by atoms with E-state index in [1.807, 2.05) is 33.4 Å². The maximum Gasteiger partial charge on any atom is 0.312 e. The molecule has 4 aromatic heterocycles. The highest BCUT2D eigenvalue weighted by molar-refractivity contribution is 14.1. The van der Waals surface area contributed by atoms with Crippen molar-refractivity contribution in [3.63, 3.8) is 0 Å². The van der Waals surface area contributed by atoms with Crippen LogP contribution in [0.4, 0.5) is 20.4 Å². The number of amides is 2. The number of carbonyl (C=O) groups is 2. The molecule has 6 aromatic rings. The first-order valence-corrected chi connectivity index (χ1v) is 26.2. The minimum absolute atomic E-state index is 0.0133. The number of imidazole rings is 2. The quantitative estimate of drug-likeness (QED) is 0.0924. The Morgan fingerprint density at radius 1 is 0.653 bits per heavy atom. The summed E-state index contributed by atoms with van der Waals surface area (Å²) in [6.07, 6.45) is 2.22. The van der Waals surface area contributed by atoms with Crippen LogP contribution in [0.3, 0.4) is 0 Å². The SMILES string of the molecule is C[C@H](O)C(=O)N1CCC(CCn2c(Cc3cc4c(cc3[124I])OCCO4)nc3c(N)nc(F)nc32)CC1.C[C@H](O)C(=O)N1CCC(CCn2c(Cc3cc4c(cc3[131I])OCCO4)nc3c(N)nc(F)nc32)CC1. The largest absolute Gasteiger partial charge is 0.486 e. The molecule has 20 nitrogen and oxygen atoms in total. The fourth-order valence-electron chi connectivity index (χ4n) is 9.68.